The molecule has 0 spiro atoms. The molecule has 0 radical (unpaired) electrons. The third kappa shape index (κ3) is 4.74. The molecule has 1 saturated heterocycles. The number of amidine groups is 1. The van der Waals surface area contributed by atoms with Crippen LogP contribution in [0.1, 0.15) is 20.3 Å². The van der Waals surface area contributed by atoms with E-state index in [1.807, 2.05) is 0 Å². The number of nitrogens with zero attached hydrogens (tertiary/aromatic N) is 1. The first-order valence-corrected chi connectivity index (χ1v) is 6.55. The topological polar surface area (TPSA) is 79.5 Å². The number of hydrogen-bond acceptors (Lipinski definition) is 3. The van der Waals surface area contributed by atoms with Crippen LogP contribution in [0.2, 0.25) is 0 Å². The van der Waals surface area contributed by atoms with Crippen molar-refractivity contribution in [3.05, 3.63) is 0 Å². The molecule has 92 valence electrons. The van der Waals surface area contributed by atoms with Crippen molar-refractivity contribution in [2.75, 3.05) is 18.8 Å². The number of amides is 2. The average Bonchev–Trinajstić information content (AvgIpc) is 2.24. The van der Waals surface area contributed by atoms with Crippen LogP contribution in [0.25, 0.3) is 0 Å². The zero-order valence-corrected chi connectivity index (χ0v) is 10.6. The van der Waals surface area contributed by atoms with E-state index in [1.165, 1.54) is 6.42 Å². The highest BCUT2D eigenvalue weighted by Crippen LogP contribution is 2.18. The lowest BCUT2D eigenvalue weighted by molar-refractivity contribution is 0.249. The van der Waals surface area contributed by atoms with Crippen molar-refractivity contribution < 1.29 is 4.79 Å². The first-order chi connectivity index (χ1) is 7.59. The molecule has 0 aromatic heterocycles. The molecule has 1 aliphatic rings. The quantitative estimate of drug-likeness (QED) is 0.639. The Morgan fingerprint density at radius 2 is 2.50 bits per heavy atom. The van der Waals surface area contributed by atoms with E-state index in [4.69, 9.17) is 5.73 Å². The minimum Gasteiger partial charge on any atom is -0.362 e. The van der Waals surface area contributed by atoms with Gasteiger partial charge in [0.2, 0.25) is 0 Å². The molecule has 16 heavy (non-hydrogen) atoms. The van der Waals surface area contributed by atoms with Crippen LogP contribution in [0.15, 0.2) is 4.99 Å². The Bertz CT molecular complexity index is 268. The van der Waals surface area contributed by atoms with E-state index in [9.17, 15) is 4.79 Å². The molecule has 1 fully saturated rings. The van der Waals surface area contributed by atoms with Crippen molar-refractivity contribution in [3.8, 4) is 0 Å². The highest BCUT2D eigenvalue weighted by atomic mass is 32.2. The second-order valence-corrected chi connectivity index (χ2v) is 5.19. The van der Waals surface area contributed by atoms with E-state index < -0.39 is 6.03 Å². The first-order valence-electron chi connectivity index (χ1n) is 5.56. The molecule has 4 N–H and O–H groups in total. The summed E-state index contributed by atoms with van der Waals surface area (Å²) < 4.78 is 0. The molecule has 0 aliphatic carbocycles. The molecular weight excluding hydrogens is 224 g/mol. The van der Waals surface area contributed by atoms with Crippen LogP contribution in [0.5, 0.6) is 0 Å². The van der Waals surface area contributed by atoms with E-state index in [0.717, 1.165) is 10.9 Å². The van der Waals surface area contributed by atoms with Gasteiger partial charge in [0.15, 0.2) is 5.17 Å². The first kappa shape index (κ1) is 13.2. The van der Waals surface area contributed by atoms with E-state index in [0.29, 0.717) is 25.0 Å². The van der Waals surface area contributed by atoms with Crippen LogP contribution in [0, 0.1) is 5.92 Å². The van der Waals surface area contributed by atoms with Gasteiger partial charge in [-0.2, -0.15) is 0 Å². The molecule has 1 atom stereocenters. The number of carbonyl (C=O) groups is 1. The van der Waals surface area contributed by atoms with Crippen LogP contribution in [-0.2, 0) is 0 Å². The minimum atomic E-state index is -0.496. The van der Waals surface area contributed by atoms with Gasteiger partial charge in [-0.25, -0.2) is 4.79 Å². The number of aliphatic imine (C=N–C) groups is 1. The largest absolute Gasteiger partial charge is 0.362 e. The fourth-order valence-electron chi connectivity index (χ4n) is 1.48. The predicted octanol–water partition coefficient (Wildman–Crippen LogP) is 0.762. The molecular formula is C10H20N4OS. The maximum Gasteiger partial charge on any atom is 0.312 e. The van der Waals surface area contributed by atoms with Gasteiger partial charge in [-0.1, -0.05) is 25.6 Å². The summed E-state index contributed by atoms with van der Waals surface area (Å²) in [5, 5.41) is 6.91. The monoisotopic (exact) mass is 244 g/mol. The molecule has 5 nitrogen and oxygen atoms in total. The lowest BCUT2D eigenvalue weighted by Crippen LogP contribution is -2.41. The summed E-state index contributed by atoms with van der Waals surface area (Å²) in [5.41, 5.74) is 4.95. The lowest BCUT2D eigenvalue weighted by atomic mass is 10.0. The van der Waals surface area contributed by atoms with Crippen LogP contribution in [0.3, 0.4) is 0 Å². The van der Waals surface area contributed by atoms with E-state index in [-0.39, 0.29) is 0 Å². The van der Waals surface area contributed by atoms with Gasteiger partial charge in [-0.05, 0) is 12.3 Å². The van der Waals surface area contributed by atoms with Crippen molar-refractivity contribution in [1.82, 2.24) is 10.6 Å². The van der Waals surface area contributed by atoms with Crippen molar-refractivity contribution >= 4 is 23.0 Å². The lowest BCUT2D eigenvalue weighted by Gasteiger charge is -2.28. The Balaban J connectivity index is 2.29. The van der Waals surface area contributed by atoms with Gasteiger partial charge < -0.3 is 16.4 Å². The highest BCUT2D eigenvalue weighted by Gasteiger charge is 2.19. The van der Waals surface area contributed by atoms with Gasteiger partial charge in [-0.3, -0.25) is 4.99 Å². The molecule has 6 heteroatoms. The molecule has 2 amide bonds. The number of carbonyl (C=O) groups excluding carboxylic acids is 1. The van der Waals surface area contributed by atoms with Gasteiger partial charge in [-0.15, -0.1) is 0 Å². The number of nitrogens with two attached hydrogens (primary N) is 1. The van der Waals surface area contributed by atoms with Gasteiger partial charge in [0.25, 0.3) is 0 Å². The Kier molecular flexibility index (Phi) is 5.45. The summed E-state index contributed by atoms with van der Waals surface area (Å²) in [6.45, 7) is 5.48. The Labute approximate surface area is 101 Å². The van der Waals surface area contributed by atoms with Crippen molar-refractivity contribution in [1.29, 1.82) is 0 Å². The van der Waals surface area contributed by atoms with Crippen LogP contribution in [-0.4, -0.2) is 36.1 Å². The van der Waals surface area contributed by atoms with E-state index >= 15 is 0 Å². The summed E-state index contributed by atoms with van der Waals surface area (Å²) in [7, 11) is 0. The number of rotatable bonds is 4. The van der Waals surface area contributed by atoms with Gasteiger partial charge in [0.05, 0.1) is 6.54 Å². The molecule has 0 bridgehead atoms. The fourth-order valence-corrected chi connectivity index (χ4v) is 2.47. The van der Waals surface area contributed by atoms with Gasteiger partial charge >= 0.3 is 6.03 Å². The van der Waals surface area contributed by atoms with Crippen molar-refractivity contribution in [2.24, 2.45) is 16.6 Å². The third-order valence-corrected chi connectivity index (χ3v) is 3.41. The standard InChI is InChI=1S/C10H20N4OS/c1-7(2)8-3-6-16-10(14-8)13-5-4-12-9(11)15/h7-8H,3-6H2,1-2H3,(H,13,14)(H3,11,12,15). The summed E-state index contributed by atoms with van der Waals surface area (Å²) in [5.74, 6) is 1.73. The number of hydrogen-bond donors (Lipinski definition) is 3. The van der Waals surface area contributed by atoms with Gasteiger partial charge in [0.1, 0.15) is 0 Å². The molecule has 1 rings (SSSR count). The minimum absolute atomic E-state index is 0.493. The second kappa shape index (κ2) is 6.62. The Hall–Kier alpha value is -0.910. The Morgan fingerprint density at radius 3 is 3.12 bits per heavy atom. The van der Waals surface area contributed by atoms with Gasteiger partial charge in [0, 0.05) is 18.3 Å². The van der Waals surface area contributed by atoms with E-state index in [1.54, 1.807) is 11.8 Å². The normalized spacial score (nSPS) is 23.2. The molecule has 1 aliphatic heterocycles. The second-order valence-electron chi connectivity index (χ2n) is 4.11. The summed E-state index contributed by atoms with van der Waals surface area (Å²) in [4.78, 5) is 14.8. The summed E-state index contributed by atoms with van der Waals surface area (Å²) >= 11 is 1.74. The van der Waals surface area contributed by atoms with Crippen LogP contribution >= 0.6 is 11.8 Å². The zero-order valence-electron chi connectivity index (χ0n) is 9.82. The maximum absolute atomic E-state index is 10.4. The van der Waals surface area contributed by atoms with Crippen molar-refractivity contribution in [3.63, 3.8) is 0 Å². The molecule has 1 unspecified atom stereocenters. The third-order valence-electron chi connectivity index (χ3n) is 2.45. The number of nitrogens with one attached hydrogen (secondary N) is 2. The molecule has 0 aromatic carbocycles. The maximum atomic E-state index is 10.4. The smallest absolute Gasteiger partial charge is 0.312 e. The molecule has 0 aromatic rings. The number of urea groups is 1. The molecule has 1 heterocycles. The SMILES string of the molecule is CC(C)C1CCSC(=NCCNC(N)=O)N1. The molecule has 0 saturated carbocycles. The average molecular weight is 244 g/mol. The highest BCUT2D eigenvalue weighted by molar-refractivity contribution is 8.13. The number of primary amides is 1. The Morgan fingerprint density at radius 1 is 1.75 bits per heavy atom. The fraction of sp³-hybridized carbons (Fsp3) is 0.800. The zero-order chi connectivity index (χ0) is 12.0. The van der Waals surface area contributed by atoms with Crippen LogP contribution < -0.4 is 16.4 Å². The van der Waals surface area contributed by atoms with Crippen molar-refractivity contribution in [2.45, 2.75) is 26.3 Å². The van der Waals surface area contributed by atoms with E-state index in [2.05, 4.69) is 29.5 Å². The number of thioether (sulfide) groups is 1. The van der Waals surface area contributed by atoms with Crippen LogP contribution in [0.4, 0.5) is 4.79 Å². The summed E-state index contributed by atoms with van der Waals surface area (Å²) in [6.07, 6.45) is 1.18. The summed E-state index contributed by atoms with van der Waals surface area (Å²) in [6, 6.07) is 0.0219. The predicted molar refractivity (Wildman–Crippen MR) is 68.7 cm³/mol.